The van der Waals surface area contributed by atoms with Gasteiger partial charge < -0.3 is 14.4 Å². The second kappa shape index (κ2) is 5.71. The minimum atomic E-state index is -0.513. The van der Waals surface area contributed by atoms with Gasteiger partial charge in [0, 0.05) is 33.4 Å². The van der Waals surface area contributed by atoms with Crippen molar-refractivity contribution < 1.29 is 9.59 Å². The number of piperazine rings is 1. The fourth-order valence-electron chi connectivity index (χ4n) is 2.65. The summed E-state index contributed by atoms with van der Waals surface area (Å²) in [5.74, 6) is -0.439. The third-order valence-corrected chi connectivity index (χ3v) is 3.89. The Hall–Kier alpha value is -2.11. The average Bonchev–Trinajstić information content (AvgIpc) is 2.43. The van der Waals surface area contributed by atoms with Crippen molar-refractivity contribution in [2.75, 3.05) is 20.1 Å². The van der Waals surface area contributed by atoms with Gasteiger partial charge in [-0.05, 0) is 18.1 Å². The van der Waals surface area contributed by atoms with Crippen LogP contribution in [0.3, 0.4) is 0 Å². The van der Waals surface area contributed by atoms with E-state index < -0.39 is 6.04 Å². The maximum absolute atomic E-state index is 12.7. The Bertz CT molecular complexity index is 621. The molecule has 0 radical (unpaired) electrons. The molecule has 1 atom stereocenters. The van der Waals surface area contributed by atoms with Gasteiger partial charge in [0.15, 0.2) is 0 Å². The number of carbonyl (C=O) groups excluding carboxylic acids is 2. The number of pyridine rings is 1. The van der Waals surface area contributed by atoms with Crippen molar-refractivity contribution in [3.63, 3.8) is 0 Å². The molecule has 6 heteroatoms. The van der Waals surface area contributed by atoms with Crippen molar-refractivity contribution in [1.29, 1.82) is 0 Å². The van der Waals surface area contributed by atoms with Gasteiger partial charge in [-0.25, -0.2) is 0 Å². The zero-order valence-corrected chi connectivity index (χ0v) is 12.9. The molecule has 0 spiro atoms. The van der Waals surface area contributed by atoms with Crippen molar-refractivity contribution in [3.05, 3.63) is 34.2 Å². The van der Waals surface area contributed by atoms with E-state index in [0.717, 1.165) is 0 Å². The van der Waals surface area contributed by atoms with Crippen LogP contribution in [-0.2, 0) is 11.8 Å². The van der Waals surface area contributed by atoms with Crippen LogP contribution >= 0.6 is 0 Å². The third-order valence-electron chi connectivity index (χ3n) is 3.89. The first-order valence-corrected chi connectivity index (χ1v) is 7.06. The van der Waals surface area contributed by atoms with Crippen molar-refractivity contribution >= 4 is 11.8 Å². The zero-order chi connectivity index (χ0) is 15.7. The molecule has 1 fully saturated rings. The van der Waals surface area contributed by atoms with Crippen LogP contribution in [-0.4, -0.2) is 52.4 Å². The molecule has 2 heterocycles. The molecule has 0 aromatic carbocycles. The van der Waals surface area contributed by atoms with Gasteiger partial charge in [-0.15, -0.1) is 0 Å². The molecule has 114 valence electrons. The zero-order valence-electron chi connectivity index (χ0n) is 12.9. The first-order valence-electron chi connectivity index (χ1n) is 7.06. The van der Waals surface area contributed by atoms with E-state index >= 15 is 0 Å². The van der Waals surface area contributed by atoms with E-state index in [1.165, 1.54) is 15.5 Å². The van der Waals surface area contributed by atoms with Gasteiger partial charge in [-0.1, -0.05) is 13.8 Å². The van der Waals surface area contributed by atoms with Gasteiger partial charge in [0.05, 0.1) is 0 Å². The van der Waals surface area contributed by atoms with E-state index in [0.29, 0.717) is 13.1 Å². The predicted octanol–water partition coefficient (Wildman–Crippen LogP) is 0.324. The standard InChI is InChI=1S/C15H21N3O3/c1-10(2)12-15(21)17(4)8-9-18(12)14(20)11-6-5-7-16(3)13(11)19/h5-7,10,12H,8-9H2,1-4H3/t12-/m1/s1. The molecule has 0 unspecified atom stereocenters. The summed E-state index contributed by atoms with van der Waals surface area (Å²) in [6, 6.07) is 2.67. The first kappa shape index (κ1) is 15.3. The normalized spacial score (nSPS) is 19.3. The first-order chi connectivity index (χ1) is 9.84. The highest BCUT2D eigenvalue weighted by Gasteiger charge is 2.38. The molecule has 1 saturated heterocycles. The topological polar surface area (TPSA) is 62.6 Å². The van der Waals surface area contributed by atoms with E-state index in [4.69, 9.17) is 0 Å². The number of hydrogen-bond donors (Lipinski definition) is 0. The van der Waals surface area contributed by atoms with E-state index in [1.807, 2.05) is 13.8 Å². The smallest absolute Gasteiger partial charge is 0.263 e. The van der Waals surface area contributed by atoms with E-state index in [2.05, 4.69) is 0 Å². The Morgan fingerprint density at radius 3 is 2.52 bits per heavy atom. The van der Waals surface area contributed by atoms with Gasteiger partial charge in [0.25, 0.3) is 11.5 Å². The quantitative estimate of drug-likeness (QED) is 0.788. The van der Waals surface area contributed by atoms with Crippen LogP contribution < -0.4 is 5.56 Å². The van der Waals surface area contributed by atoms with Crippen LogP contribution in [0.25, 0.3) is 0 Å². The van der Waals surface area contributed by atoms with Crippen molar-refractivity contribution in [2.24, 2.45) is 13.0 Å². The number of hydrogen-bond acceptors (Lipinski definition) is 3. The van der Waals surface area contributed by atoms with Gasteiger partial charge in [-0.2, -0.15) is 0 Å². The van der Waals surface area contributed by atoms with Crippen LogP contribution in [0.15, 0.2) is 23.1 Å². The molecule has 21 heavy (non-hydrogen) atoms. The van der Waals surface area contributed by atoms with Gasteiger partial charge in [0.1, 0.15) is 11.6 Å². The van der Waals surface area contributed by atoms with Crippen LogP contribution in [0.5, 0.6) is 0 Å². The number of rotatable bonds is 2. The second-order valence-corrected chi connectivity index (χ2v) is 5.79. The Kier molecular flexibility index (Phi) is 4.16. The van der Waals surface area contributed by atoms with Crippen LogP contribution in [0, 0.1) is 5.92 Å². The average molecular weight is 291 g/mol. The molecular formula is C15H21N3O3. The Morgan fingerprint density at radius 2 is 1.90 bits per heavy atom. The van der Waals surface area contributed by atoms with Crippen LogP contribution in [0.1, 0.15) is 24.2 Å². The lowest BCUT2D eigenvalue weighted by Gasteiger charge is -2.41. The minimum absolute atomic E-state index is 0.00300. The summed E-state index contributed by atoms with van der Waals surface area (Å²) in [4.78, 5) is 40.3. The number of likely N-dealkylation sites (N-methyl/N-ethyl adjacent to an activating group) is 1. The lowest BCUT2D eigenvalue weighted by atomic mass is 9.98. The highest BCUT2D eigenvalue weighted by atomic mass is 16.2. The molecule has 1 aliphatic rings. The summed E-state index contributed by atoms with van der Waals surface area (Å²) in [7, 11) is 3.34. The van der Waals surface area contributed by atoms with E-state index in [-0.39, 0.29) is 28.9 Å². The number of aryl methyl sites for hydroxylation is 1. The molecule has 2 rings (SSSR count). The van der Waals surface area contributed by atoms with Gasteiger partial charge >= 0.3 is 0 Å². The summed E-state index contributed by atoms with van der Waals surface area (Å²) in [6.07, 6.45) is 1.61. The van der Waals surface area contributed by atoms with Gasteiger partial charge in [-0.3, -0.25) is 14.4 Å². The lowest BCUT2D eigenvalue weighted by Crippen LogP contribution is -2.60. The van der Waals surface area contributed by atoms with Crippen molar-refractivity contribution in [3.8, 4) is 0 Å². The Morgan fingerprint density at radius 1 is 1.24 bits per heavy atom. The molecule has 0 bridgehead atoms. The molecule has 0 saturated carbocycles. The minimum Gasteiger partial charge on any atom is -0.342 e. The molecule has 1 aliphatic heterocycles. The lowest BCUT2D eigenvalue weighted by molar-refractivity contribution is -0.140. The summed E-state index contributed by atoms with van der Waals surface area (Å²) in [6.45, 7) is 4.75. The molecule has 0 aliphatic carbocycles. The van der Waals surface area contributed by atoms with Gasteiger partial charge in [0.2, 0.25) is 5.91 Å². The largest absolute Gasteiger partial charge is 0.342 e. The maximum Gasteiger partial charge on any atom is 0.263 e. The van der Waals surface area contributed by atoms with Crippen molar-refractivity contribution in [1.82, 2.24) is 14.4 Å². The highest BCUT2D eigenvalue weighted by Crippen LogP contribution is 2.19. The maximum atomic E-state index is 12.7. The summed E-state index contributed by atoms with van der Waals surface area (Å²) in [5, 5.41) is 0. The van der Waals surface area contributed by atoms with Crippen LogP contribution in [0.2, 0.25) is 0 Å². The molecule has 6 nitrogen and oxygen atoms in total. The predicted molar refractivity (Wildman–Crippen MR) is 79.0 cm³/mol. The summed E-state index contributed by atoms with van der Waals surface area (Å²) >= 11 is 0. The molecule has 2 amide bonds. The second-order valence-electron chi connectivity index (χ2n) is 5.79. The molecule has 0 N–H and O–H groups in total. The monoisotopic (exact) mass is 291 g/mol. The number of amides is 2. The number of nitrogens with zero attached hydrogens (tertiary/aromatic N) is 3. The third kappa shape index (κ3) is 2.70. The fraction of sp³-hybridized carbons (Fsp3) is 0.533. The van der Waals surface area contributed by atoms with Crippen LogP contribution in [0.4, 0.5) is 0 Å². The van der Waals surface area contributed by atoms with Crippen molar-refractivity contribution in [2.45, 2.75) is 19.9 Å². The Balaban J connectivity index is 2.39. The fourth-order valence-corrected chi connectivity index (χ4v) is 2.65. The molecular weight excluding hydrogens is 270 g/mol. The SMILES string of the molecule is CC(C)[C@@H]1C(=O)N(C)CCN1C(=O)c1cccn(C)c1=O. The number of carbonyl (C=O) groups is 2. The molecule has 1 aromatic heterocycles. The highest BCUT2D eigenvalue weighted by molar-refractivity contribution is 5.98. The summed E-state index contributed by atoms with van der Waals surface area (Å²) in [5.41, 5.74) is -0.223. The Labute approximate surface area is 124 Å². The molecule has 1 aromatic rings. The summed E-state index contributed by atoms with van der Waals surface area (Å²) < 4.78 is 1.37. The number of aromatic nitrogens is 1. The van der Waals surface area contributed by atoms with E-state index in [1.54, 1.807) is 31.3 Å². The van der Waals surface area contributed by atoms with E-state index in [9.17, 15) is 14.4 Å².